The summed E-state index contributed by atoms with van der Waals surface area (Å²) < 4.78 is 5.15. The van der Waals surface area contributed by atoms with Crippen molar-refractivity contribution in [1.82, 2.24) is 10.6 Å². The molecule has 2 N–H and O–H groups in total. The molecule has 0 atom stereocenters. The van der Waals surface area contributed by atoms with Crippen molar-refractivity contribution in [1.29, 1.82) is 0 Å². The van der Waals surface area contributed by atoms with Gasteiger partial charge in [-0.1, -0.05) is 50.3 Å². The zero-order valence-corrected chi connectivity index (χ0v) is 15.0. The van der Waals surface area contributed by atoms with Crippen molar-refractivity contribution in [2.24, 2.45) is 0 Å². The van der Waals surface area contributed by atoms with E-state index in [1.165, 1.54) is 11.1 Å². The van der Waals surface area contributed by atoms with Crippen molar-refractivity contribution in [3.05, 3.63) is 47.5 Å². The third-order valence-corrected chi connectivity index (χ3v) is 3.17. The topological polar surface area (TPSA) is 50.4 Å². The van der Waals surface area contributed by atoms with E-state index >= 15 is 0 Å². The monoisotopic (exact) mass is 318 g/mol. The maximum atomic E-state index is 11.4. The van der Waals surface area contributed by atoms with E-state index in [-0.39, 0.29) is 6.09 Å². The predicted octanol–water partition coefficient (Wildman–Crippen LogP) is 3.98. The van der Waals surface area contributed by atoms with Crippen LogP contribution in [0, 0.1) is 0 Å². The van der Waals surface area contributed by atoms with Crippen LogP contribution in [0.2, 0.25) is 0 Å². The molecule has 0 aliphatic carbocycles. The van der Waals surface area contributed by atoms with Gasteiger partial charge in [-0.15, -0.1) is 0 Å². The average Bonchev–Trinajstić information content (AvgIpc) is 2.45. The van der Waals surface area contributed by atoms with E-state index in [4.69, 9.17) is 4.74 Å². The maximum Gasteiger partial charge on any atom is 0.407 e. The van der Waals surface area contributed by atoms with Gasteiger partial charge in [-0.2, -0.15) is 0 Å². The lowest BCUT2D eigenvalue weighted by Crippen LogP contribution is -2.32. The second kappa shape index (κ2) is 9.36. The number of carbonyl (C=O) groups excluding carboxylic acids is 1. The van der Waals surface area contributed by atoms with Gasteiger partial charge in [0.25, 0.3) is 0 Å². The molecule has 128 valence electrons. The number of rotatable bonds is 7. The van der Waals surface area contributed by atoms with Crippen LogP contribution in [0.25, 0.3) is 0 Å². The summed E-state index contributed by atoms with van der Waals surface area (Å²) in [6, 6.07) is 8.69. The minimum atomic E-state index is -0.458. The van der Waals surface area contributed by atoms with Gasteiger partial charge in [-0.3, -0.25) is 0 Å². The highest BCUT2D eigenvalue weighted by molar-refractivity contribution is 5.67. The molecule has 1 amide bonds. The zero-order valence-electron chi connectivity index (χ0n) is 15.0. The van der Waals surface area contributed by atoms with Gasteiger partial charge in [0.05, 0.1) is 0 Å². The summed E-state index contributed by atoms with van der Waals surface area (Å²) >= 11 is 0. The van der Waals surface area contributed by atoms with Gasteiger partial charge in [0, 0.05) is 19.6 Å². The Bertz CT molecular complexity index is 499. The van der Waals surface area contributed by atoms with E-state index in [1.807, 2.05) is 32.9 Å². The summed E-state index contributed by atoms with van der Waals surface area (Å²) in [6.45, 7) is 12.0. The first-order valence-corrected chi connectivity index (χ1v) is 8.19. The second-order valence-corrected chi connectivity index (χ2v) is 6.88. The van der Waals surface area contributed by atoms with Crippen molar-refractivity contribution in [2.45, 2.75) is 52.7 Å². The van der Waals surface area contributed by atoms with Crippen LogP contribution in [0.3, 0.4) is 0 Å². The fourth-order valence-corrected chi connectivity index (χ4v) is 1.94. The van der Waals surface area contributed by atoms with Crippen LogP contribution in [-0.4, -0.2) is 24.8 Å². The molecule has 0 saturated carbocycles. The minimum Gasteiger partial charge on any atom is -0.444 e. The Morgan fingerprint density at radius 2 is 1.74 bits per heavy atom. The molecule has 4 heteroatoms. The van der Waals surface area contributed by atoms with Crippen LogP contribution in [0.15, 0.2) is 36.4 Å². The molecule has 0 heterocycles. The van der Waals surface area contributed by atoms with Gasteiger partial charge in [-0.25, -0.2) is 4.79 Å². The Hall–Kier alpha value is -1.81. The van der Waals surface area contributed by atoms with Crippen molar-refractivity contribution in [3.63, 3.8) is 0 Å². The van der Waals surface area contributed by atoms with Crippen molar-refractivity contribution < 1.29 is 9.53 Å². The molecular weight excluding hydrogens is 288 g/mol. The van der Waals surface area contributed by atoms with E-state index in [0.717, 1.165) is 13.1 Å². The molecule has 1 aromatic rings. The van der Waals surface area contributed by atoms with Crippen LogP contribution in [-0.2, 0) is 11.3 Å². The first kappa shape index (κ1) is 19.2. The van der Waals surface area contributed by atoms with Gasteiger partial charge in [0.1, 0.15) is 5.60 Å². The average molecular weight is 318 g/mol. The normalized spacial score (nSPS) is 11.9. The third kappa shape index (κ3) is 9.04. The Morgan fingerprint density at radius 3 is 2.30 bits per heavy atom. The van der Waals surface area contributed by atoms with Crippen LogP contribution in [0.4, 0.5) is 4.79 Å². The number of hydrogen-bond donors (Lipinski definition) is 2. The number of ether oxygens (including phenoxy) is 1. The van der Waals surface area contributed by atoms with Crippen molar-refractivity contribution >= 4 is 6.09 Å². The zero-order chi connectivity index (χ0) is 17.3. The Balaban J connectivity index is 2.16. The summed E-state index contributed by atoms with van der Waals surface area (Å²) in [6.07, 6.45) is 3.53. The SMILES string of the molecule is CC(C)c1ccc(CNC/C=C/CNC(=O)OC(C)(C)C)cc1. The summed E-state index contributed by atoms with van der Waals surface area (Å²) in [5.41, 5.74) is 2.18. The quantitative estimate of drug-likeness (QED) is 0.590. The molecule has 0 bridgehead atoms. The molecule has 1 rings (SSSR count). The van der Waals surface area contributed by atoms with E-state index < -0.39 is 5.60 Å². The number of amides is 1. The standard InChI is InChI=1S/C19H30N2O2/c1-15(2)17-10-8-16(9-11-17)14-20-12-6-7-13-21-18(22)23-19(3,4)5/h6-11,15,20H,12-14H2,1-5H3,(H,21,22)/b7-6+. The smallest absolute Gasteiger partial charge is 0.407 e. The van der Waals surface area contributed by atoms with Gasteiger partial charge in [0.15, 0.2) is 0 Å². The predicted molar refractivity (Wildman–Crippen MR) is 95.6 cm³/mol. The molecule has 0 fully saturated rings. The summed E-state index contributed by atoms with van der Waals surface area (Å²) in [7, 11) is 0. The molecule has 1 aromatic carbocycles. The van der Waals surface area contributed by atoms with Gasteiger partial charge >= 0.3 is 6.09 Å². The molecule has 0 spiro atoms. The molecule has 0 unspecified atom stereocenters. The molecule has 0 aliphatic rings. The third-order valence-electron chi connectivity index (χ3n) is 3.17. The minimum absolute atomic E-state index is 0.389. The lowest BCUT2D eigenvalue weighted by molar-refractivity contribution is 0.0534. The molecule has 23 heavy (non-hydrogen) atoms. The van der Waals surface area contributed by atoms with E-state index in [0.29, 0.717) is 12.5 Å². The number of hydrogen-bond acceptors (Lipinski definition) is 3. The Labute approximate surface area is 140 Å². The van der Waals surface area contributed by atoms with Crippen LogP contribution in [0.5, 0.6) is 0 Å². The second-order valence-electron chi connectivity index (χ2n) is 6.88. The fraction of sp³-hybridized carbons (Fsp3) is 0.526. The fourth-order valence-electron chi connectivity index (χ4n) is 1.94. The van der Waals surface area contributed by atoms with Gasteiger partial charge < -0.3 is 15.4 Å². The van der Waals surface area contributed by atoms with Gasteiger partial charge in [0.2, 0.25) is 0 Å². The van der Waals surface area contributed by atoms with E-state index in [9.17, 15) is 4.79 Å². The van der Waals surface area contributed by atoms with Crippen molar-refractivity contribution in [3.8, 4) is 0 Å². The van der Waals surface area contributed by atoms with Crippen LogP contribution >= 0.6 is 0 Å². The highest BCUT2D eigenvalue weighted by Gasteiger charge is 2.14. The Morgan fingerprint density at radius 1 is 1.13 bits per heavy atom. The largest absolute Gasteiger partial charge is 0.444 e. The van der Waals surface area contributed by atoms with Crippen LogP contribution in [0.1, 0.15) is 51.7 Å². The van der Waals surface area contributed by atoms with Crippen LogP contribution < -0.4 is 10.6 Å². The van der Waals surface area contributed by atoms with Crippen molar-refractivity contribution in [2.75, 3.05) is 13.1 Å². The molecule has 4 nitrogen and oxygen atoms in total. The molecule has 0 aliphatic heterocycles. The maximum absolute atomic E-state index is 11.4. The molecular formula is C19H30N2O2. The Kier molecular flexibility index (Phi) is 7.83. The molecule has 0 aromatic heterocycles. The lowest BCUT2D eigenvalue weighted by atomic mass is 10.0. The first-order chi connectivity index (χ1) is 10.8. The number of nitrogens with one attached hydrogen (secondary N) is 2. The highest BCUT2D eigenvalue weighted by Crippen LogP contribution is 2.14. The number of alkyl carbamates (subject to hydrolysis) is 1. The first-order valence-electron chi connectivity index (χ1n) is 8.19. The number of carbonyl (C=O) groups is 1. The van der Waals surface area contributed by atoms with E-state index in [1.54, 1.807) is 0 Å². The number of benzene rings is 1. The van der Waals surface area contributed by atoms with Gasteiger partial charge in [-0.05, 0) is 37.8 Å². The summed E-state index contributed by atoms with van der Waals surface area (Å²) in [5, 5.41) is 6.03. The molecule has 0 saturated heterocycles. The van der Waals surface area contributed by atoms with E-state index in [2.05, 4.69) is 48.7 Å². The lowest BCUT2D eigenvalue weighted by Gasteiger charge is -2.19. The summed E-state index contributed by atoms with van der Waals surface area (Å²) in [4.78, 5) is 11.4. The highest BCUT2D eigenvalue weighted by atomic mass is 16.6. The molecule has 0 radical (unpaired) electrons. The summed E-state index contributed by atoms with van der Waals surface area (Å²) in [5.74, 6) is 0.567.